The molecule has 2 aromatic rings. The summed E-state index contributed by atoms with van der Waals surface area (Å²) in [6.45, 7) is 0. The van der Waals surface area contributed by atoms with E-state index in [4.69, 9.17) is 11.1 Å². The van der Waals surface area contributed by atoms with Crippen molar-refractivity contribution in [2.24, 2.45) is 5.84 Å². The lowest BCUT2D eigenvalue weighted by Gasteiger charge is -2.06. The number of aromatic nitrogens is 2. The molecule has 1 heterocycles. The monoisotopic (exact) mass is 240 g/mol. The lowest BCUT2D eigenvalue weighted by molar-refractivity contribution is 1.16. The normalized spacial score (nSPS) is 9.56. The van der Waals surface area contributed by atoms with E-state index < -0.39 is 0 Å². The minimum Gasteiger partial charge on any atom is -0.339 e. The zero-order valence-corrected chi connectivity index (χ0v) is 9.59. The second-order valence-electron chi connectivity index (χ2n) is 3.59. The van der Waals surface area contributed by atoms with Gasteiger partial charge < -0.3 is 10.7 Å². The Bertz CT molecular complexity index is 558. The number of nitrogens with two attached hydrogens (primary N) is 1. The van der Waals surface area contributed by atoms with Crippen LogP contribution in [0.2, 0.25) is 0 Å². The molecular formula is C12H12N6. The SMILES string of the molecule is N#CCc1ccc(Nc2cncc(NN)n2)cc1. The number of hydrogen-bond donors (Lipinski definition) is 3. The molecule has 6 nitrogen and oxygen atoms in total. The van der Waals surface area contributed by atoms with E-state index in [1.165, 1.54) is 6.20 Å². The first-order valence-corrected chi connectivity index (χ1v) is 5.33. The van der Waals surface area contributed by atoms with Crippen LogP contribution in [-0.4, -0.2) is 9.97 Å². The first-order valence-electron chi connectivity index (χ1n) is 5.33. The standard InChI is InChI=1S/C12H12N6/c13-6-5-9-1-3-10(4-2-9)16-11-7-15-8-12(17-11)18-14/h1-4,7-8H,5,14H2,(H2,16,17,18). The van der Waals surface area contributed by atoms with E-state index >= 15 is 0 Å². The van der Waals surface area contributed by atoms with Crippen molar-refractivity contribution in [3.63, 3.8) is 0 Å². The van der Waals surface area contributed by atoms with Gasteiger partial charge in [0.25, 0.3) is 0 Å². The summed E-state index contributed by atoms with van der Waals surface area (Å²) < 4.78 is 0. The molecule has 0 saturated carbocycles. The zero-order valence-electron chi connectivity index (χ0n) is 9.59. The van der Waals surface area contributed by atoms with E-state index in [0.717, 1.165) is 11.3 Å². The minimum atomic E-state index is 0.409. The van der Waals surface area contributed by atoms with Gasteiger partial charge in [-0.1, -0.05) is 12.1 Å². The maximum atomic E-state index is 8.58. The van der Waals surface area contributed by atoms with E-state index in [-0.39, 0.29) is 0 Å². The molecule has 0 amide bonds. The second-order valence-corrected chi connectivity index (χ2v) is 3.59. The predicted octanol–water partition coefficient (Wildman–Crippen LogP) is 1.57. The second kappa shape index (κ2) is 5.61. The maximum Gasteiger partial charge on any atom is 0.160 e. The fraction of sp³-hybridized carbons (Fsp3) is 0.0833. The Morgan fingerprint density at radius 2 is 1.89 bits per heavy atom. The molecule has 2 rings (SSSR count). The molecule has 0 radical (unpaired) electrons. The van der Waals surface area contributed by atoms with Gasteiger partial charge in [-0.3, -0.25) is 4.98 Å². The molecule has 0 spiro atoms. The molecule has 6 heteroatoms. The summed E-state index contributed by atoms with van der Waals surface area (Å²) in [5.41, 5.74) is 4.28. The Labute approximate surface area is 104 Å². The minimum absolute atomic E-state index is 0.409. The van der Waals surface area contributed by atoms with Gasteiger partial charge in [-0.15, -0.1) is 0 Å². The van der Waals surface area contributed by atoms with Crippen LogP contribution in [0.4, 0.5) is 17.3 Å². The van der Waals surface area contributed by atoms with Crippen LogP contribution >= 0.6 is 0 Å². The number of anilines is 3. The number of hydrogen-bond acceptors (Lipinski definition) is 6. The fourth-order valence-corrected chi connectivity index (χ4v) is 1.44. The summed E-state index contributed by atoms with van der Waals surface area (Å²) in [6.07, 6.45) is 3.54. The molecule has 90 valence electrons. The van der Waals surface area contributed by atoms with Crippen LogP contribution < -0.4 is 16.6 Å². The Balaban J connectivity index is 2.11. The first-order chi connectivity index (χ1) is 8.81. The topological polar surface area (TPSA) is 99.7 Å². The van der Waals surface area contributed by atoms with E-state index in [1.54, 1.807) is 6.20 Å². The molecule has 0 aliphatic carbocycles. The van der Waals surface area contributed by atoms with E-state index in [2.05, 4.69) is 26.8 Å². The van der Waals surface area contributed by atoms with E-state index in [9.17, 15) is 0 Å². The van der Waals surface area contributed by atoms with Crippen molar-refractivity contribution in [3.8, 4) is 6.07 Å². The lowest BCUT2D eigenvalue weighted by Crippen LogP contribution is -2.09. The van der Waals surface area contributed by atoms with Gasteiger partial charge in [-0.25, -0.2) is 10.8 Å². The van der Waals surface area contributed by atoms with Gasteiger partial charge in [0, 0.05) is 5.69 Å². The highest BCUT2D eigenvalue weighted by Gasteiger charge is 1.99. The van der Waals surface area contributed by atoms with Gasteiger partial charge in [0.15, 0.2) is 11.6 Å². The van der Waals surface area contributed by atoms with Crippen molar-refractivity contribution in [1.82, 2.24) is 9.97 Å². The summed E-state index contributed by atoms with van der Waals surface area (Å²) in [5, 5.41) is 11.7. The molecule has 0 saturated heterocycles. The molecule has 0 atom stereocenters. The molecule has 1 aromatic carbocycles. The summed E-state index contributed by atoms with van der Waals surface area (Å²) in [7, 11) is 0. The summed E-state index contributed by atoms with van der Waals surface area (Å²) in [5.74, 6) is 6.34. The number of benzene rings is 1. The van der Waals surface area contributed by atoms with Crippen LogP contribution in [0.15, 0.2) is 36.7 Å². The lowest BCUT2D eigenvalue weighted by atomic mass is 10.1. The first kappa shape index (κ1) is 11.8. The number of hydrazine groups is 1. The fourth-order valence-electron chi connectivity index (χ4n) is 1.44. The van der Waals surface area contributed by atoms with Gasteiger partial charge >= 0.3 is 0 Å². The number of rotatable bonds is 4. The third-order valence-corrected chi connectivity index (χ3v) is 2.29. The van der Waals surface area contributed by atoms with Crippen molar-refractivity contribution in [2.75, 3.05) is 10.7 Å². The van der Waals surface area contributed by atoms with Crippen LogP contribution in [0.25, 0.3) is 0 Å². The highest BCUT2D eigenvalue weighted by Crippen LogP contribution is 2.15. The Morgan fingerprint density at radius 3 is 2.56 bits per heavy atom. The summed E-state index contributed by atoms with van der Waals surface area (Å²) in [4.78, 5) is 8.17. The van der Waals surface area contributed by atoms with Gasteiger partial charge in [0.2, 0.25) is 0 Å². The van der Waals surface area contributed by atoms with Crippen molar-refractivity contribution >= 4 is 17.3 Å². The van der Waals surface area contributed by atoms with Gasteiger partial charge in [-0.2, -0.15) is 5.26 Å². The van der Waals surface area contributed by atoms with Crippen LogP contribution in [0.1, 0.15) is 5.56 Å². The van der Waals surface area contributed by atoms with Gasteiger partial charge in [0.1, 0.15) is 0 Å². The van der Waals surface area contributed by atoms with Crippen LogP contribution in [-0.2, 0) is 6.42 Å². The predicted molar refractivity (Wildman–Crippen MR) is 68.9 cm³/mol. The van der Waals surface area contributed by atoms with E-state index in [0.29, 0.717) is 18.1 Å². The number of nitrogens with zero attached hydrogens (tertiary/aromatic N) is 3. The van der Waals surface area contributed by atoms with Crippen molar-refractivity contribution < 1.29 is 0 Å². The molecule has 0 bridgehead atoms. The average molecular weight is 240 g/mol. The molecular weight excluding hydrogens is 228 g/mol. The van der Waals surface area contributed by atoms with Crippen LogP contribution in [0.5, 0.6) is 0 Å². The summed E-state index contributed by atoms with van der Waals surface area (Å²) >= 11 is 0. The zero-order chi connectivity index (χ0) is 12.8. The van der Waals surface area contributed by atoms with Crippen molar-refractivity contribution in [1.29, 1.82) is 5.26 Å². The molecule has 0 aliphatic rings. The van der Waals surface area contributed by atoms with Gasteiger partial charge in [-0.05, 0) is 17.7 Å². The van der Waals surface area contributed by atoms with Gasteiger partial charge in [0.05, 0.1) is 24.9 Å². The van der Waals surface area contributed by atoms with Crippen molar-refractivity contribution in [2.45, 2.75) is 6.42 Å². The van der Waals surface area contributed by atoms with E-state index in [1.807, 2.05) is 24.3 Å². The third kappa shape index (κ3) is 2.93. The third-order valence-electron chi connectivity index (χ3n) is 2.29. The Hall–Kier alpha value is -2.65. The largest absolute Gasteiger partial charge is 0.339 e. The number of nitriles is 1. The Kier molecular flexibility index (Phi) is 3.69. The molecule has 0 aliphatic heterocycles. The van der Waals surface area contributed by atoms with Crippen LogP contribution in [0, 0.1) is 11.3 Å². The number of nitrogens with one attached hydrogen (secondary N) is 2. The average Bonchev–Trinajstić information content (AvgIpc) is 2.42. The molecule has 4 N–H and O–H groups in total. The molecule has 1 aromatic heterocycles. The quantitative estimate of drug-likeness (QED) is 0.554. The summed E-state index contributed by atoms with van der Waals surface area (Å²) in [6, 6.07) is 9.66. The van der Waals surface area contributed by atoms with Crippen molar-refractivity contribution in [3.05, 3.63) is 42.2 Å². The maximum absolute atomic E-state index is 8.58. The smallest absolute Gasteiger partial charge is 0.160 e. The van der Waals surface area contributed by atoms with Crippen LogP contribution in [0.3, 0.4) is 0 Å². The number of nitrogen functional groups attached to an aromatic ring is 1. The molecule has 0 fully saturated rings. The Morgan fingerprint density at radius 1 is 1.17 bits per heavy atom. The molecule has 0 unspecified atom stereocenters. The highest BCUT2D eigenvalue weighted by molar-refractivity contribution is 5.57. The molecule has 18 heavy (non-hydrogen) atoms. The highest BCUT2D eigenvalue weighted by atomic mass is 15.3.